The molecule has 0 radical (unpaired) electrons. The van der Waals surface area contributed by atoms with Crippen molar-refractivity contribution >= 4 is 6.09 Å². The van der Waals surface area contributed by atoms with Gasteiger partial charge < -0.3 is 9.64 Å². The number of hydrogen-bond acceptors (Lipinski definition) is 2. The van der Waals surface area contributed by atoms with Crippen molar-refractivity contribution in [1.82, 2.24) is 4.90 Å². The van der Waals surface area contributed by atoms with Gasteiger partial charge in [0.05, 0.1) is 0 Å². The van der Waals surface area contributed by atoms with Crippen molar-refractivity contribution in [3.05, 3.63) is 35.9 Å². The lowest BCUT2D eigenvalue weighted by Crippen LogP contribution is -2.29. The fourth-order valence-electron chi connectivity index (χ4n) is 2.72. The summed E-state index contributed by atoms with van der Waals surface area (Å²) in [7, 11) is 0. The molecule has 0 N–H and O–H groups in total. The van der Waals surface area contributed by atoms with Crippen molar-refractivity contribution in [2.24, 2.45) is 11.8 Å². The molecule has 0 unspecified atom stereocenters. The minimum absolute atomic E-state index is 0.151. The molecule has 1 heterocycles. The van der Waals surface area contributed by atoms with E-state index >= 15 is 0 Å². The molecule has 2 aliphatic rings. The van der Waals surface area contributed by atoms with Crippen LogP contribution in [0.1, 0.15) is 24.8 Å². The quantitative estimate of drug-likeness (QED) is 0.819. The zero-order chi connectivity index (χ0) is 12.4. The summed E-state index contributed by atoms with van der Waals surface area (Å²) in [5.41, 5.74) is 1.05. The summed E-state index contributed by atoms with van der Waals surface area (Å²) >= 11 is 0. The third-order valence-electron chi connectivity index (χ3n) is 3.98. The molecule has 96 valence electrons. The van der Waals surface area contributed by atoms with Gasteiger partial charge in [0.1, 0.15) is 6.61 Å². The Morgan fingerprint density at radius 1 is 1.17 bits per heavy atom. The van der Waals surface area contributed by atoms with E-state index in [1.807, 2.05) is 35.2 Å². The zero-order valence-electron chi connectivity index (χ0n) is 10.5. The van der Waals surface area contributed by atoms with E-state index in [4.69, 9.17) is 4.74 Å². The van der Waals surface area contributed by atoms with Crippen molar-refractivity contribution in [3.63, 3.8) is 0 Å². The number of likely N-dealkylation sites (tertiary alicyclic amines) is 1. The van der Waals surface area contributed by atoms with Crippen LogP contribution in [0.3, 0.4) is 0 Å². The molecule has 3 rings (SSSR count). The van der Waals surface area contributed by atoms with E-state index in [0.29, 0.717) is 6.61 Å². The summed E-state index contributed by atoms with van der Waals surface area (Å²) in [6, 6.07) is 9.84. The van der Waals surface area contributed by atoms with Crippen LogP contribution in [0.4, 0.5) is 4.79 Å². The molecule has 1 saturated heterocycles. The number of hydrogen-bond donors (Lipinski definition) is 0. The highest BCUT2D eigenvalue weighted by molar-refractivity contribution is 5.68. The SMILES string of the molecule is O=C(OCc1ccccc1)N1CC[C@H](C2CC2)C1. The molecule has 0 spiro atoms. The maximum atomic E-state index is 11.9. The van der Waals surface area contributed by atoms with E-state index < -0.39 is 0 Å². The largest absolute Gasteiger partial charge is 0.445 e. The molecule has 1 atom stereocenters. The predicted molar refractivity (Wildman–Crippen MR) is 69.0 cm³/mol. The Hall–Kier alpha value is -1.51. The van der Waals surface area contributed by atoms with Crippen LogP contribution in [0, 0.1) is 11.8 Å². The molecular weight excluding hydrogens is 226 g/mol. The van der Waals surface area contributed by atoms with Crippen LogP contribution in [0.25, 0.3) is 0 Å². The fourth-order valence-corrected chi connectivity index (χ4v) is 2.72. The van der Waals surface area contributed by atoms with E-state index in [0.717, 1.165) is 36.9 Å². The minimum atomic E-state index is -0.151. The van der Waals surface area contributed by atoms with Gasteiger partial charge in [0.15, 0.2) is 0 Å². The second-order valence-corrected chi connectivity index (χ2v) is 5.37. The first-order valence-electron chi connectivity index (χ1n) is 6.78. The number of carbonyl (C=O) groups excluding carboxylic acids is 1. The average molecular weight is 245 g/mol. The van der Waals surface area contributed by atoms with Crippen LogP contribution in [0.5, 0.6) is 0 Å². The lowest BCUT2D eigenvalue weighted by Gasteiger charge is -2.16. The van der Waals surface area contributed by atoms with Crippen LogP contribution in [-0.4, -0.2) is 24.1 Å². The molecule has 0 bridgehead atoms. The van der Waals surface area contributed by atoms with E-state index in [1.165, 1.54) is 12.8 Å². The summed E-state index contributed by atoms with van der Waals surface area (Å²) in [6.07, 6.45) is 3.72. The maximum Gasteiger partial charge on any atom is 0.410 e. The lowest BCUT2D eigenvalue weighted by atomic mass is 10.0. The van der Waals surface area contributed by atoms with E-state index in [1.54, 1.807) is 0 Å². The van der Waals surface area contributed by atoms with Crippen molar-refractivity contribution in [3.8, 4) is 0 Å². The second-order valence-electron chi connectivity index (χ2n) is 5.37. The minimum Gasteiger partial charge on any atom is -0.445 e. The van der Waals surface area contributed by atoms with Gasteiger partial charge >= 0.3 is 6.09 Å². The monoisotopic (exact) mass is 245 g/mol. The van der Waals surface area contributed by atoms with E-state index in [-0.39, 0.29) is 6.09 Å². The molecule has 3 heteroatoms. The molecule has 1 aliphatic heterocycles. The van der Waals surface area contributed by atoms with Gasteiger partial charge in [-0.15, -0.1) is 0 Å². The molecule has 0 aromatic heterocycles. The van der Waals surface area contributed by atoms with Gasteiger partial charge in [-0.3, -0.25) is 0 Å². The topological polar surface area (TPSA) is 29.5 Å². The van der Waals surface area contributed by atoms with Gasteiger partial charge in [0, 0.05) is 13.1 Å². The molecule has 1 amide bonds. The molecule has 1 aromatic carbocycles. The van der Waals surface area contributed by atoms with E-state index in [2.05, 4.69) is 0 Å². The summed E-state index contributed by atoms with van der Waals surface area (Å²) in [4.78, 5) is 13.8. The van der Waals surface area contributed by atoms with Crippen molar-refractivity contribution in [1.29, 1.82) is 0 Å². The third kappa shape index (κ3) is 2.66. The molecule has 1 aliphatic carbocycles. The number of benzene rings is 1. The van der Waals surface area contributed by atoms with Gasteiger partial charge in [-0.1, -0.05) is 30.3 Å². The smallest absolute Gasteiger partial charge is 0.410 e. The van der Waals surface area contributed by atoms with Gasteiger partial charge in [0.2, 0.25) is 0 Å². The van der Waals surface area contributed by atoms with E-state index in [9.17, 15) is 4.79 Å². The fraction of sp³-hybridized carbons (Fsp3) is 0.533. The number of nitrogens with zero attached hydrogens (tertiary/aromatic N) is 1. The van der Waals surface area contributed by atoms with Crippen LogP contribution >= 0.6 is 0 Å². The Kier molecular flexibility index (Phi) is 3.22. The molecule has 1 saturated carbocycles. The number of rotatable bonds is 3. The van der Waals surface area contributed by atoms with Gasteiger partial charge in [-0.2, -0.15) is 0 Å². The van der Waals surface area contributed by atoms with Gasteiger partial charge in [-0.25, -0.2) is 4.79 Å². The first-order valence-corrected chi connectivity index (χ1v) is 6.78. The van der Waals surface area contributed by atoms with Gasteiger partial charge in [-0.05, 0) is 36.7 Å². The Morgan fingerprint density at radius 2 is 1.94 bits per heavy atom. The molecule has 3 nitrogen and oxygen atoms in total. The highest BCUT2D eigenvalue weighted by Gasteiger charge is 2.37. The summed E-state index contributed by atoms with van der Waals surface area (Å²) in [5, 5.41) is 0. The second kappa shape index (κ2) is 5.01. The summed E-state index contributed by atoms with van der Waals surface area (Å²) < 4.78 is 5.35. The number of amides is 1. The third-order valence-corrected chi connectivity index (χ3v) is 3.98. The summed E-state index contributed by atoms with van der Waals surface area (Å²) in [5.74, 6) is 1.62. The summed E-state index contributed by atoms with van der Waals surface area (Å²) in [6.45, 7) is 2.15. The molecule has 18 heavy (non-hydrogen) atoms. The van der Waals surface area contributed by atoms with Crippen LogP contribution in [0.2, 0.25) is 0 Å². The first-order chi connectivity index (χ1) is 8.83. The first kappa shape index (κ1) is 11.6. The molecular formula is C15H19NO2. The van der Waals surface area contributed by atoms with Crippen molar-refractivity contribution in [2.75, 3.05) is 13.1 Å². The van der Waals surface area contributed by atoms with Gasteiger partial charge in [0.25, 0.3) is 0 Å². The Labute approximate surface area is 108 Å². The van der Waals surface area contributed by atoms with Crippen LogP contribution < -0.4 is 0 Å². The normalized spacial score (nSPS) is 23.1. The Morgan fingerprint density at radius 3 is 2.67 bits per heavy atom. The van der Waals surface area contributed by atoms with Crippen molar-refractivity contribution in [2.45, 2.75) is 25.9 Å². The molecule has 1 aromatic rings. The van der Waals surface area contributed by atoms with Crippen LogP contribution in [-0.2, 0) is 11.3 Å². The Balaban J connectivity index is 1.47. The standard InChI is InChI=1S/C15H19NO2/c17-15(18-11-12-4-2-1-3-5-12)16-9-8-14(10-16)13-6-7-13/h1-5,13-14H,6-11H2/t14-/m0/s1. The Bertz CT molecular complexity index is 414. The highest BCUT2D eigenvalue weighted by atomic mass is 16.6. The number of ether oxygens (including phenoxy) is 1. The maximum absolute atomic E-state index is 11.9. The highest BCUT2D eigenvalue weighted by Crippen LogP contribution is 2.41. The molecule has 2 fully saturated rings. The lowest BCUT2D eigenvalue weighted by molar-refractivity contribution is 0.103. The van der Waals surface area contributed by atoms with Crippen LogP contribution in [0.15, 0.2) is 30.3 Å². The average Bonchev–Trinajstić information content (AvgIpc) is 3.15. The zero-order valence-corrected chi connectivity index (χ0v) is 10.5. The number of carbonyl (C=O) groups is 1. The predicted octanol–water partition coefficient (Wildman–Crippen LogP) is 3.06. The van der Waals surface area contributed by atoms with Crippen molar-refractivity contribution < 1.29 is 9.53 Å².